The molecule has 1 aromatic heterocycles. The molecule has 1 saturated heterocycles. The number of aryl methyl sites for hydroxylation is 1. The van der Waals surface area contributed by atoms with E-state index in [0.717, 1.165) is 38.7 Å². The van der Waals surface area contributed by atoms with Gasteiger partial charge in [0.1, 0.15) is 0 Å². The van der Waals surface area contributed by atoms with Crippen LogP contribution < -0.4 is 5.32 Å². The van der Waals surface area contributed by atoms with E-state index in [2.05, 4.69) is 19.8 Å². The fraction of sp³-hybridized carbons (Fsp3) is 0.800. The molecular weight excluding hydrogens is 252 g/mol. The van der Waals surface area contributed by atoms with Crippen molar-refractivity contribution in [3.8, 4) is 0 Å². The maximum atomic E-state index is 5.37. The largest absolute Gasteiger partial charge is 0.382 e. The van der Waals surface area contributed by atoms with Gasteiger partial charge in [0.25, 0.3) is 0 Å². The van der Waals surface area contributed by atoms with Gasteiger partial charge in [-0.2, -0.15) is 0 Å². The number of imidazole rings is 1. The van der Waals surface area contributed by atoms with Crippen LogP contribution in [0, 0.1) is 0 Å². The molecular formula is C15H28N4O. The summed E-state index contributed by atoms with van der Waals surface area (Å²) >= 11 is 0. The number of hydrogen-bond acceptors (Lipinski definition) is 4. The Balaban J connectivity index is 1.61. The normalized spacial score (nSPS) is 15.8. The standard InChI is InChI=1S/C15H28N4O/c1-2-20-14-6-12-19-13-8-17-15(19)16-7-5-11-18-9-3-4-10-18/h8,13H,2-7,9-12,14H2,1H3,(H,16,17). The first-order valence-corrected chi connectivity index (χ1v) is 7.95. The summed E-state index contributed by atoms with van der Waals surface area (Å²) in [6, 6.07) is 0. The molecule has 1 N–H and O–H groups in total. The van der Waals surface area contributed by atoms with Crippen molar-refractivity contribution in [1.29, 1.82) is 0 Å². The smallest absolute Gasteiger partial charge is 0.202 e. The third kappa shape index (κ3) is 5.13. The highest BCUT2D eigenvalue weighted by Gasteiger charge is 2.10. The maximum absolute atomic E-state index is 5.37. The van der Waals surface area contributed by atoms with Crippen molar-refractivity contribution < 1.29 is 4.74 Å². The predicted molar refractivity (Wildman–Crippen MR) is 82.1 cm³/mol. The Bertz CT molecular complexity index is 361. The highest BCUT2D eigenvalue weighted by atomic mass is 16.5. The monoisotopic (exact) mass is 280 g/mol. The fourth-order valence-electron chi connectivity index (χ4n) is 2.65. The second-order valence-corrected chi connectivity index (χ2v) is 5.32. The van der Waals surface area contributed by atoms with Gasteiger partial charge in [0.2, 0.25) is 5.95 Å². The summed E-state index contributed by atoms with van der Waals surface area (Å²) in [5.41, 5.74) is 0. The SMILES string of the molecule is CCOCCCn1ccnc1NCCCN1CCCC1. The molecule has 0 bridgehead atoms. The van der Waals surface area contributed by atoms with Gasteiger partial charge in [-0.05, 0) is 52.2 Å². The number of aromatic nitrogens is 2. The van der Waals surface area contributed by atoms with Crippen LogP contribution in [0.4, 0.5) is 5.95 Å². The van der Waals surface area contributed by atoms with E-state index in [4.69, 9.17) is 4.74 Å². The fourth-order valence-corrected chi connectivity index (χ4v) is 2.65. The summed E-state index contributed by atoms with van der Waals surface area (Å²) in [5.74, 6) is 0.989. The zero-order chi connectivity index (χ0) is 14.0. The Morgan fingerprint density at radius 2 is 2.10 bits per heavy atom. The van der Waals surface area contributed by atoms with E-state index in [1.54, 1.807) is 0 Å². The lowest BCUT2D eigenvalue weighted by Crippen LogP contribution is -2.22. The zero-order valence-corrected chi connectivity index (χ0v) is 12.7. The van der Waals surface area contributed by atoms with Crippen LogP contribution in [-0.2, 0) is 11.3 Å². The first-order chi connectivity index (χ1) is 9.90. The minimum Gasteiger partial charge on any atom is -0.382 e. The minimum atomic E-state index is 0.797. The number of nitrogens with zero attached hydrogens (tertiary/aromatic N) is 3. The number of hydrogen-bond donors (Lipinski definition) is 1. The molecule has 1 fully saturated rings. The number of nitrogens with one attached hydrogen (secondary N) is 1. The highest BCUT2D eigenvalue weighted by molar-refractivity contribution is 5.25. The molecule has 0 amide bonds. The molecule has 114 valence electrons. The third-order valence-corrected chi connectivity index (χ3v) is 3.74. The Hall–Kier alpha value is -1.07. The van der Waals surface area contributed by atoms with Crippen LogP contribution in [0.1, 0.15) is 32.6 Å². The van der Waals surface area contributed by atoms with Gasteiger partial charge < -0.3 is 19.5 Å². The number of anilines is 1. The molecule has 0 radical (unpaired) electrons. The van der Waals surface area contributed by atoms with E-state index in [-0.39, 0.29) is 0 Å². The quantitative estimate of drug-likeness (QED) is 0.667. The highest BCUT2D eigenvalue weighted by Crippen LogP contribution is 2.08. The number of likely N-dealkylation sites (tertiary alicyclic amines) is 1. The first kappa shape index (κ1) is 15.3. The molecule has 5 heteroatoms. The molecule has 1 aliphatic heterocycles. The average Bonchev–Trinajstić information content (AvgIpc) is 3.11. The zero-order valence-electron chi connectivity index (χ0n) is 12.7. The van der Waals surface area contributed by atoms with E-state index in [0.29, 0.717) is 0 Å². The van der Waals surface area contributed by atoms with Gasteiger partial charge in [-0.3, -0.25) is 0 Å². The topological polar surface area (TPSA) is 42.3 Å². The van der Waals surface area contributed by atoms with Gasteiger partial charge >= 0.3 is 0 Å². The molecule has 5 nitrogen and oxygen atoms in total. The predicted octanol–water partition coefficient (Wildman–Crippen LogP) is 2.21. The Kier molecular flexibility index (Phi) is 6.88. The van der Waals surface area contributed by atoms with E-state index >= 15 is 0 Å². The van der Waals surface area contributed by atoms with Crippen LogP contribution in [0.3, 0.4) is 0 Å². The van der Waals surface area contributed by atoms with Crippen molar-refractivity contribution in [2.75, 3.05) is 44.7 Å². The van der Waals surface area contributed by atoms with Crippen molar-refractivity contribution in [1.82, 2.24) is 14.5 Å². The number of ether oxygens (including phenoxy) is 1. The molecule has 2 rings (SSSR count). The van der Waals surface area contributed by atoms with Crippen LogP contribution >= 0.6 is 0 Å². The van der Waals surface area contributed by atoms with E-state index in [9.17, 15) is 0 Å². The first-order valence-electron chi connectivity index (χ1n) is 7.95. The second-order valence-electron chi connectivity index (χ2n) is 5.32. The van der Waals surface area contributed by atoms with Crippen LogP contribution in [-0.4, -0.2) is 53.8 Å². The van der Waals surface area contributed by atoms with Gasteiger partial charge in [-0.25, -0.2) is 4.98 Å². The molecule has 2 heterocycles. The molecule has 0 atom stereocenters. The molecule has 20 heavy (non-hydrogen) atoms. The van der Waals surface area contributed by atoms with E-state index in [1.807, 2.05) is 19.3 Å². The molecule has 0 aromatic carbocycles. The van der Waals surface area contributed by atoms with Crippen LogP contribution in [0.2, 0.25) is 0 Å². The van der Waals surface area contributed by atoms with Gasteiger partial charge in [0.15, 0.2) is 0 Å². The average molecular weight is 280 g/mol. The number of rotatable bonds is 10. The van der Waals surface area contributed by atoms with Gasteiger partial charge in [0.05, 0.1) is 0 Å². The van der Waals surface area contributed by atoms with Crippen LogP contribution in [0.5, 0.6) is 0 Å². The third-order valence-electron chi connectivity index (χ3n) is 3.74. The Labute approximate surface area is 122 Å². The van der Waals surface area contributed by atoms with Crippen LogP contribution in [0.15, 0.2) is 12.4 Å². The Morgan fingerprint density at radius 1 is 1.25 bits per heavy atom. The van der Waals surface area contributed by atoms with Crippen molar-refractivity contribution in [3.63, 3.8) is 0 Å². The van der Waals surface area contributed by atoms with Crippen molar-refractivity contribution in [2.24, 2.45) is 0 Å². The van der Waals surface area contributed by atoms with Gasteiger partial charge in [-0.1, -0.05) is 0 Å². The van der Waals surface area contributed by atoms with Crippen molar-refractivity contribution >= 4 is 5.95 Å². The summed E-state index contributed by atoms with van der Waals surface area (Å²) in [4.78, 5) is 6.93. The summed E-state index contributed by atoms with van der Waals surface area (Å²) in [6.45, 7) is 9.39. The molecule has 1 aromatic rings. The summed E-state index contributed by atoms with van der Waals surface area (Å²) < 4.78 is 7.54. The Morgan fingerprint density at radius 3 is 2.90 bits per heavy atom. The lowest BCUT2D eigenvalue weighted by Gasteiger charge is -2.15. The lowest BCUT2D eigenvalue weighted by molar-refractivity contribution is 0.142. The van der Waals surface area contributed by atoms with E-state index in [1.165, 1.54) is 38.9 Å². The summed E-state index contributed by atoms with van der Waals surface area (Å²) in [6.07, 6.45) is 8.87. The second kappa shape index (κ2) is 8.97. The lowest BCUT2D eigenvalue weighted by atomic mass is 10.4. The molecule has 0 saturated carbocycles. The van der Waals surface area contributed by atoms with E-state index < -0.39 is 0 Å². The molecule has 0 aliphatic carbocycles. The van der Waals surface area contributed by atoms with Gasteiger partial charge in [-0.15, -0.1) is 0 Å². The summed E-state index contributed by atoms with van der Waals surface area (Å²) in [5, 5.41) is 3.44. The van der Waals surface area contributed by atoms with Crippen LogP contribution in [0.25, 0.3) is 0 Å². The molecule has 1 aliphatic rings. The van der Waals surface area contributed by atoms with Gasteiger partial charge in [0, 0.05) is 38.7 Å². The van der Waals surface area contributed by atoms with Crippen molar-refractivity contribution in [3.05, 3.63) is 12.4 Å². The molecule has 0 unspecified atom stereocenters. The maximum Gasteiger partial charge on any atom is 0.202 e. The molecule has 0 spiro atoms. The minimum absolute atomic E-state index is 0.797. The van der Waals surface area contributed by atoms with Crippen molar-refractivity contribution in [2.45, 2.75) is 39.2 Å². The summed E-state index contributed by atoms with van der Waals surface area (Å²) in [7, 11) is 0.